The number of allylic oxidation sites excluding steroid dienone is 1. The van der Waals surface area contributed by atoms with E-state index in [1.165, 1.54) is 28.5 Å². The van der Waals surface area contributed by atoms with Crippen LogP contribution in [0.25, 0.3) is 6.08 Å². The van der Waals surface area contributed by atoms with Gasteiger partial charge >= 0.3 is 0 Å². The van der Waals surface area contributed by atoms with Gasteiger partial charge in [-0.2, -0.15) is 0 Å². The molecule has 0 radical (unpaired) electrons. The van der Waals surface area contributed by atoms with Gasteiger partial charge in [0.1, 0.15) is 0 Å². The van der Waals surface area contributed by atoms with Crippen molar-refractivity contribution in [3.05, 3.63) is 39.4 Å². The van der Waals surface area contributed by atoms with Crippen LogP contribution in [0.5, 0.6) is 0 Å². The molecule has 0 heterocycles. The molecule has 0 saturated heterocycles. The molecule has 0 amide bonds. The molecule has 0 bridgehead atoms. The van der Waals surface area contributed by atoms with Crippen molar-refractivity contribution in [3.8, 4) is 0 Å². The number of hydrogen-bond acceptors (Lipinski definition) is 2. The number of halogens is 1. The molecule has 0 aliphatic carbocycles. The molecular formula is C14H17BrOS. The van der Waals surface area contributed by atoms with Crippen LogP contribution in [0.4, 0.5) is 0 Å². The molecule has 1 aromatic rings. The van der Waals surface area contributed by atoms with E-state index in [4.69, 9.17) is 0 Å². The molecule has 0 fully saturated rings. The third kappa shape index (κ3) is 5.09. The minimum Gasteiger partial charge on any atom is -0.288 e. The second kappa shape index (κ2) is 7.02. The Morgan fingerprint density at radius 3 is 2.47 bits per heavy atom. The predicted molar refractivity (Wildman–Crippen MR) is 80.4 cm³/mol. The summed E-state index contributed by atoms with van der Waals surface area (Å²) in [4.78, 5) is 10.8. The fourth-order valence-corrected chi connectivity index (χ4v) is 2.88. The predicted octanol–water partition coefficient (Wildman–Crippen LogP) is 4.75. The average molecular weight is 313 g/mol. The largest absolute Gasteiger partial charge is 0.288 e. The van der Waals surface area contributed by atoms with Crippen LogP contribution in [-0.4, -0.2) is 10.9 Å². The van der Waals surface area contributed by atoms with Gasteiger partial charge in [-0.05, 0) is 49.1 Å². The lowest BCUT2D eigenvalue weighted by Gasteiger charge is -2.06. The molecule has 0 N–H and O–H groups in total. The number of thioether (sulfide) groups is 1. The van der Waals surface area contributed by atoms with Crippen LogP contribution in [0.3, 0.4) is 0 Å². The smallest absolute Gasteiger partial charge is 0.185 e. The Hall–Kier alpha value is -0.540. The molecule has 1 rings (SSSR count). The standard InChI is InChI=1S/C14H17BrOS/c1-10-8-13(15)9-11(2)14(10)6-4-5-7-17-12(3)16/h4,6,8-9H,5,7H2,1-3H3. The summed E-state index contributed by atoms with van der Waals surface area (Å²) in [5.41, 5.74) is 3.82. The molecule has 1 aromatic carbocycles. The summed E-state index contributed by atoms with van der Waals surface area (Å²) in [7, 11) is 0. The summed E-state index contributed by atoms with van der Waals surface area (Å²) in [5, 5.41) is 0.189. The van der Waals surface area contributed by atoms with E-state index in [1.807, 2.05) is 0 Å². The van der Waals surface area contributed by atoms with E-state index in [1.54, 1.807) is 6.92 Å². The van der Waals surface area contributed by atoms with Gasteiger partial charge in [0, 0.05) is 17.1 Å². The number of rotatable bonds is 4. The van der Waals surface area contributed by atoms with Crippen molar-refractivity contribution in [2.45, 2.75) is 27.2 Å². The molecular weight excluding hydrogens is 296 g/mol. The number of aryl methyl sites for hydroxylation is 2. The van der Waals surface area contributed by atoms with Crippen molar-refractivity contribution in [3.63, 3.8) is 0 Å². The van der Waals surface area contributed by atoms with E-state index in [0.29, 0.717) is 0 Å². The van der Waals surface area contributed by atoms with Gasteiger partial charge in [-0.3, -0.25) is 4.79 Å². The zero-order chi connectivity index (χ0) is 12.8. The van der Waals surface area contributed by atoms with Crippen LogP contribution in [0, 0.1) is 13.8 Å². The summed E-state index contributed by atoms with van der Waals surface area (Å²) in [6, 6.07) is 4.24. The van der Waals surface area contributed by atoms with Crippen LogP contribution in [0.1, 0.15) is 30.0 Å². The quantitative estimate of drug-likeness (QED) is 0.746. The van der Waals surface area contributed by atoms with Gasteiger partial charge in [-0.15, -0.1) is 0 Å². The first-order chi connectivity index (χ1) is 8.00. The summed E-state index contributed by atoms with van der Waals surface area (Å²) >= 11 is 4.87. The second-order valence-electron chi connectivity index (χ2n) is 3.98. The zero-order valence-electron chi connectivity index (χ0n) is 10.4. The third-order valence-corrected chi connectivity index (χ3v) is 3.74. The number of benzene rings is 1. The fourth-order valence-electron chi connectivity index (χ4n) is 1.66. The Balaban J connectivity index is 2.62. The van der Waals surface area contributed by atoms with Crippen LogP contribution < -0.4 is 0 Å². The highest BCUT2D eigenvalue weighted by molar-refractivity contribution is 9.10. The van der Waals surface area contributed by atoms with E-state index in [9.17, 15) is 4.79 Å². The average Bonchev–Trinajstić information content (AvgIpc) is 2.20. The summed E-state index contributed by atoms with van der Waals surface area (Å²) in [6.07, 6.45) is 5.22. The maximum absolute atomic E-state index is 10.8. The van der Waals surface area contributed by atoms with Crippen molar-refractivity contribution in [2.24, 2.45) is 0 Å². The molecule has 0 saturated carbocycles. The summed E-state index contributed by atoms with van der Waals surface area (Å²) in [5.74, 6) is 0.862. The van der Waals surface area contributed by atoms with Crippen molar-refractivity contribution in [1.82, 2.24) is 0 Å². The molecule has 1 nitrogen and oxygen atoms in total. The van der Waals surface area contributed by atoms with Gasteiger partial charge < -0.3 is 0 Å². The lowest BCUT2D eigenvalue weighted by molar-refractivity contribution is -0.109. The van der Waals surface area contributed by atoms with Gasteiger partial charge in [-0.25, -0.2) is 0 Å². The van der Waals surface area contributed by atoms with Crippen LogP contribution in [0.2, 0.25) is 0 Å². The van der Waals surface area contributed by atoms with E-state index in [2.05, 4.69) is 54.1 Å². The van der Waals surface area contributed by atoms with Gasteiger partial charge in [0.25, 0.3) is 0 Å². The number of hydrogen-bond donors (Lipinski definition) is 0. The molecule has 3 heteroatoms. The monoisotopic (exact) mass is 312 g/mol. The maximum atomic E-state index is 10.8. The normalized spacial score (nSPS) is 11.1. The van der Waals surface area contributed by atoms with Gasteiger partial charge in [0.2, 0.25) is 0 Å². The molecule has 0 aliphatic rings. The molecule has 0 unspecified atom stereocenters. The number of carbonyl (C=O) groups excluding carboxylic acids is 1. The SMILES string of the molecule is CC(=O)SCCC=Cc1c(C)cc(Br)cc1C. The fraction of sp³-hybridized carbons (Fsp3) is 0.357. The summed E-state index contributed by atoms with van der Waals surface area (Å²) in [6.45, 7) is 5.83. The second-order valence-corrected chi connectivity index (χ2v) is 6.17. The van der Waals surface area contributed by atoms with Crippen molar-refractivity contribution >= 4 is 38.9 Å². The van der Waals surface area contributed by atoms with Crippen LogP contribution in [-0.2, 0) is 4.79 Å². The van der Waals surface area contributed by atoms with Crippen molar-refractivity contribution in [2.75, 3.05) is 5.75 Å². The van der Waals surface area contributed by atoms with Gasteiger partial charge in [-0.1, -0.05) is 39.8 Å². The minimum absolute atomic E-state index is 0.189. The van der Waals surface area contributed by atoms with Gasteiger partial charge in [0.15, 0.2) is 5.12 Å². The van der Waals surface area contributed by atoms with Gasteiger partial charge in [0.05, 0.1) is 0 Å². The highest BCUT2D eigenvalue weighted by atomic mass is 79.9. The molecule has 0 atom stereocenters. The third-order valence-electron chi connectivity index (χ3n) is 2.43. The topological polar surface area (TPSA) is 17.1 Å². The molecule has 92 valence electrons. The first-order valence-corrected chi connectivity index (χ1v) is 7.35. The number of carbonyl (C=O) groups is 1. The molecule has 0 spiro atoms. The highest BCUT2D eigenvalue weighted by Crippen LogP contribution is 2.22. The lowest BCUT2D eigenvalue weighted by atomic mass is 10.0. The molecule has 17 heavy (non-hydrogen) atoms. The highest BCUT2D eigenvalue weighted by Gasteiger charge is 2.00. The lowest BCUT2D eigenvalue weighted by Crippen LogP contribution is -1.87. The maximum Gasteiger partial charge on any atom is 0.185 e. The van der Waals surface area contributed by atoms with E-state index in [0.717, 1.165) is 16.6 Å². The Labute approximate surface area is 116 Å². The Kier molecular flexibility index (Phi) is 6.00. The van der Waals surface area contributed by atoms with Crippen LogP contribution in [0.15, 0.2) is 22.7 Å². The molecule has 0 aromatic heterocycles. The van der Waals surface area contributed by atoms with Crippen LogP contribution >= 0.6 is 27.7 Å². The van der Waals surface area contributed by atoms with Crippen molar-refractivity contribution in [1.29, 1.82) is 0 Å². The van der Waals surface area contributed by atoms with Crippen molar-refractivity contribution < 1.29 is 4.79 Å². The Bertz CT molecular complexity index is 415. The van der Waals surface area contributed by atoms with E-state index in [-0.39, 0.29) is 5.12 Å². The van der Waals surface area contributed by atoms with E-state index >= 15 is 0 Å². The minimum atomic E-state index is 0.189. The Morgan fingerprint density at radius 1 is 1.35 bits per heavy atom. The zero-order valence-corrected chi connectivity index (χ0v) is 12.8. The molecule has 0 aliphatic heterocycles. The Morgan fingerprint density at radius 2 is 1.94 bits per heavy atom. The first-order valence-electron chi connectivity index (χ1n) is 5.57. The summed E-state index contributed by atoms with van der Waals surface area (Å²) < 4.78 is 1.12. The first kappa shape index (κ1) is 14.5. The van der Waals surface area contributed by atoms with E-state index < -0.39 is 0 Å².